The van der Waals surface area contributed by atoms with E-state index in [1.807, 2.05) is 35.2 Å². The molecule has 1 aliphatic heterocycles. The monoisotopic (exact) mass is 378 g/mol. The van der Waals surface area contributed by atoms with Crippen LogP contribution in [0.15, 0.2) is 59.6 Å². The first-order valence-corrected chi connectivity index (χ1v) is 10.1. The number of nitrogens with one attached hydrogen (secondary N) is 2. The highest BCUT2D eigenvalue weighted by atomic mass is 16.2. The zero-order chi connectivity index (χ0) is 19.8. The number of benzene rings is 2. The van der Waals surface area contributed by atoms with E-state index in [1.165, 1.54) is 16.7 Å². The van der Waals surface area contributed by atoms with Gasteiger partial charge in [0, 0.05) is 32.6 Å². The molecule has 1 amide bonds. The summed E-state index contributed by atoms with van der Waals surface area (Å²) in [6.45, 7) is 7.07. The number of carbonyl (C=O) groups excluding carboxylic acids is 1. The molecule has 0 bridgehead atoms. The summed E-state index contributed by atoms with van der Waals surface area (Å²) in [4.78, 5) is 19.1. The van der Waals surface area contributed by atoms with Gasteiger partial charge < -0.3 is 15.5 Å². The maximum atomic E-state index is 12.5. The second-order valence-electron chi connectivity index (χ2n) is 7.16. The van der Waals surface area contributed by atoms with Crippen LogP contribution in [0, 0.1) is 0 Å². The average Bonchev–Trinajstić information content (AvgIpc) is 3.16. The largest absolute Gasteiger partial charge is 0.357 e. The Kier molecular flexibility index (Phi) is 7.06. The van der Waals surface area contributed by atoms with Crippen molar-refractivity contribution in [3.8, 4) is 0 Å². The Hall–Kier alpha value is -2.82. The lowest BCUT2D eigenvalue weighted by atomic mass is 10.1. The smallest absolute Gasteiger partial charge is 0.223 e. The number of guanidine groups is 1. The van der Waals surface area contributed by atoms with Crippen LogP contribution in [0.4, 0.5) is 0 Å². The van der Waals surface area contributed by atoms with E-state index in [-0.39, 0.29) is 11.9 Å². The van der Waals surface area contributed by atoms with Gasteiger partial charge in [0.25, 0.3) is 0 Å². The molecule has 1 heterocycles. The number of hydrogen-bond acceptors (Lipinski definition) is 2. The predicted octanol–water partition coefficient (Wildman–Crippen LogP) is 3.63. The summed E-state index contributed by atoms with van der Waals surface area (Å²) in [7, 11) is 0. The molecule has 1 unspecified atom stereocenters. The van der Waals surface area contributed by atoms with Gasteiger partial charge in [0.15, 0.2) is 5.96 Å². The lowest BCUT2D eigenvalue weighted by molar-refractivity contribution is -0.131. The van der Waals surface area contributed by atoms with Crippen LogP contribution in [-0.4, -0.2) is 29.9 Å². The Morgan fingerprint density at radius 1 is 1.07 bits per heavy atom. The molecule has 1 atom stereocenters. The first-order chi connectivity index (χ1) is 13.7. The van der Waals surface area contributed by atoms with Crippen molar-refractivity contribution in [2.75, 3.05) is 13.1 Å². The topological polar surface area (TPSA) is 56.7 Å². The molecular weight excluding hydrogens is 348 g/mol. The zero-order valence-electron chi connectivity index (χ0n) is 16.8. The Labute approximate surface area is 167 Å². The summed E-state index contributed by atoms with van der Waals surface area (Å²) in [5.41, 5.74) is 3.75. The van der Waals surface area contributed by atoms with E-state index in [4.69, 9.17) is 0 Å². The van der Waals surface area contributed by atoms with Crippen molar-refractivity contribution in [3.63, 3.8) is 0 Å². The fraction of sp³-hybridized carbons (Fsp3) is 0.391. The van der Waals surface area contributed by atoms with Crippen LogP contribution in [0.2, 0.25) is 0 Å². The normalized spacial score (nSPS) is 14.5. The molecule has 2 aromatic rings. The lowest BCUT2D eigenvalue weighted by Crippen LogP contribution is -2.38. The molecule has 1 aliphatic rings. The Morgan fingerprint density at radius 2 is 1.71 bits per heavy atom. The van der Waals surface area contributed by atoms with E-state index in [0.29, 0.717) is 13.0 Å². The molecule has 5 nitrogen and oxygen atoms in total. The molecule has 0 spiro atoms. The molecule has 0 saturated carbocycles. The molecule has 28 heavy (non-hydrogen) atoms. The van der Waals surface area contributed by atoms with E-state index in [2.05, 4.69) is 53.7 Å². The van der Waals surface area contributed by atoms with Gasteiger partial charge >= 0.3 is 0 Å². The number of hydrogen-bond donors (Lipinski definition) is 2. The maximum absolute atomic E-state index is 12.5. The number of carbonyl (C=O) groups is 1. The van der Waals surface area contributed by atoms with Crippen molar-refractivity contribution >= 4 is 11.9 Å². The minimum atomic E-state index is 0.170. The highest BCUT2D eigenvalue weighted by Gasteiger charge is 2.22. The van der Waals surface area contributed by atoms with Crippen LogP contribution < -0.4 is 10.6 Å². The fourth-order valence-corrected chi connectivity index (χ4v) is 3.44. The van der Waals surface area contributed by atoms with E-state index in [1.54, 1.807) is 0 Å². The van der Waals surface area contributed by atoms with E-state index >= 15 is 0 Å². The molecule has 0 saturated heterocycles. The summed E-state index contributed by atoms with van der Waals surface area (Å²) < 4.78 is 0. The van der Waals surface area contributed by atoms with Crippen LogP contribution in [-0.2, 0) is 17.9 Å². The predicted molar refractivity (Wildman–Crippen MR) is 114 cm³/mol. The molecule has 0 aromatic heterocycles. The highest BCUT2D eigenvalue weighted by Crippen LogP contribution is 2.22. The number of nitrogens with zero attached hydrogens (tertiary/aromatic N) is 2. The summed E-state index contributed by atoms with van der Waals surface area (Å²) in [6.07, 6.45) is 1.28. The third-order valence-electron chi connectivity index (χ3n) is 5.01. The molecule has 2 aromatic carbocycles. The maximum Gasteiger partial charge on any atom is 0.223 e. The van der Waals surface area contributed by atoms with Crippen LogP contribution in [0.5, 0.6) is 0 Å². The van der Waals surface area contributed by atoms with Gasteiger partial charge in [0.2, 0.25) is 5.91 Å². The van der Waals surface area contributed by atoms with E-state index < -0.39 is 0 Å². The zero-order valence-corrected chi connectivity index (χ0v) is 16.8. The van der Waals surface area contributed by atoms with Crippen LogP contribution in [0.25, 0.3) is 0 Å². The van der Waals surface area contributed by atoms with Crippen molar-refractivity contribution in [1.82, 2.24) is 15.5 Å². The molecule has 0 aliphatic carbocycles. The number of aliphatic imine (C=N–C) groups is 1. The third kappa shape index (κ3) is 5.35. The summed E-state index contributed by atoms with van der Waals surface area (Å²) in [5.74, 6) is 1.00. The first kappa shape index (κ1) is 19.9. The van der Waals surface area contributed by atoms with E-state index in [9.17, 15) is 4.79 Å². The van der Waals surface area contributed by atoms with E-state index in [0.717, 1.165) is 32.0 Å². The van der Waals surface area contributed by atoms with Crippen LogP contribution in [0.1, 0.15) is 49.4 Å². The molecular formula is C23H30N4O. The second-order valence-corrected chi connectivity index (χ2v) is 7.16. The standard InChI is InChI=1S/C23H30N4O/c1-3-24-23(26-18(2)19-10-5-4-6-11-19)25-15-9-14-22(28)27-16-20-12-7-8-13-21(20)17-27/h4-8,10-13,18H,3,9,14-17H2,1-2H3,(H2,24,25,26). The van der Waals surface area contributed by atoms with Crippen LogP contribution in [0.3, 0.4) is 0 Å². The quantitative estimate of drug-likeness (QED) is 0.439. The molecule has 148 valence electrons. The summed E-state index contributed by atoms with van der Waals surface area (Å²) >= 11 is 0. The number of amides is 1. The Morgan fingerprint density at radius 3 is 2.36 bits per heavy atom. The first-order valence-electron chi connectivity index (χ1n) is 10.1. The minimum Gasteiger partial charge on any atom is -0.357 e. The molecule has 0 fully saturated rings. The average molecular weight is 379 g/mol. The van der Waals surface area contributed by atoms with Gasteiger partial charge in [-0.1, -0.05) is 54.6 Å². The fourth-order valence-electron chi connectivity index (χ4n) is 3.44. The molecule has 5 heteroatoms. The van der Waals surface area contributed by atoms with Crippen molar-refractivity contribution in [2.24, 2.45) is 4.99 Å². The van der Waals surface area contributed by atoms with Gasteiger partial charge in [-0.15, -0.1) is 0 Å². The highest BCUT2D eigenvalue weighted by molar-refractivity contribution is 5.80. The summed E-state index contributed by atoms with van der Waals surface area (Å²) in [6, 6.07) is 18.8. The van der Waals surface area contributed by atoms with Gasteiger partial charge in [-0.3, -0.25) is 9.79 Å². The number of fused-ring (bicyclic) bond motifs is 1. The van der Waals surface area contributed by atoms with Crippen LogP contribution >= 0.6 is 0 Å². The van der Waals surface area contributed by atoms with Crippen molar-refractivity contribution in [3.05, 3.63) is 71.3 Å². The van der Waals surface area contributed by atoms with Crippen molar-refractivity contribution in [1.29, 1.82) is 0 Å². The number of rotatable bonds is 7. The molecule has 2 N–H and O–H groups in total. The SMILES string of the molecule is CCNC(=NCCCC(=O)N1Cc2ccccc2C1)NC(C)c1ccccc1. The second kappa shape index (κ2) is 9.93. The third-order valence-corrected chi connectivity index (χ3v) is 5.01. The van der Waals surface area contributed by atoms with Crippen molar-refractivity contribution in [2.45, 2.75) is 45.8 Å². The van der Waals surface area contributed by atoms with Crippen molar-refractivity contribution < 1.29 is 4.79 Å². The minimum absolute atomic E-state index is 0.170. The lowest BCUT2D eigenvalue weighted by Gasteiger charge is -2.18. The van der Waals surface area contributed by atoms with Gasteiger partial charge in [0.05, 0.1) is 6.04 Å². The van der Waals surface area contributed by atoms with Gasteiger partial charge in [-0.25, -0.2) is 0 Å². The summed E-state index contributed by atoms with van der Waals surface area (Å²) in [5, 5.41) is 6.71. The Bertz CT molecular complexity index is 778. The molecule has 0 radical (unpaired) electrons. The Balaban J connectivity index is 1.46. The van der Waals surface area contributed by atoms with Gasteiger partial charge in [-0.2, -0.15) is 0 Å². The molecule has 3 rings (SSSR count). The van der Waals surface area contributed by atoms with Gasteiger partial charge in [-0.05, 0) is 37.0 Å². The van der Waals surface area contributed by atoms with Gasteiger partial charge in [0.1, 0.15) is 0 Å².